The van der Waals surface area contributed by atoms with Crippen molar-refractivity contribution in [3.8, 4) is 0 Å². The van der Waals surface area contributed by atoms with E-state index < -0.39 is 10.0 Å². The molecule has 1 fully saturated rings. The third kappa shape index (κ3) is 4.61. The van der Waals surface area contributed by atoms with Crippen molar-refractivity contribution >= 4 is 15.9 Å². The number of hydrogen-bond donors (Lipinski definition) is 2. The van der Waals surface area contributed by atoms with E-state index in [1.165, 1.54) is 18.4 Å². The average Bonchev–Trinajstić information content (AvgIpc) is 2.29. The number of nitrogens with zero attached hydrogens (tertiary/aromatic N) is 1. The lowest BCUT2D eigenvalue weighted by molar-refractivity contribution is -0.125. The summed E-state index contributed by atoms with van der Waals surface area (Å²) < 4.78 is 24.1. The van der Waals surface area contributed by atoms with Gasteiger partial charge in [-0.1, -0.05) is 0 Å². The zero-order valence-electron chi connectivity index (χ0n) is 10.4. The van der Waals surface area contributed by atoms with Gasteiger partial charge in [0, 0.05) is 27.2 Å². The normalized spacial score (nSPS) is 21.5. The minimum absolute atomic E-state index is 0.0224. The standard InChI is InChI=1S/C10H21N3O3S/c1-13(2)17(15,16)7-6-12-10(14)9-4-3-5-11-8-9/h9,11H,3-8H2,1-2H3,(H,12,14)/t9-/m1/s1. The molecule has 100 valence electrons. The van der Waals surface area contributed by atoms with Crippen LogP contribution in [0.4, 0.5) is 0 Å². The summed E-state index contributed by atoms with van der Waals surface area (Å²) >= 11 is 0. The fourth-order valence-electron chi connectivity index (χ4n) is 1.71. The van der Waals surface area contributed by atoms with E-state index in [2.05, 4.69) is 10.6 Å². The number of amides is 1. The van der Waals surface area contributed by atoms with Crippen molar-refractivity contribution in [2.24, 2.45) is 5.92 Å². The second-order valence-electron chi connectivity index (χ2n) is 4.43. The SMILES string of the molecule is CN(C)S(=O)(=O)CCNC(=O)[C@@H]1CCCNC1. The topological polar surface area (TPSA) is 78.5 Å². The van der Waals surface area contributed by atoms with Crippen LogP contribution in [0.2, 0.25) is 0 Å². The van der Waals surface area contributed by atoms with Gasteiger partial charge < -0.3 is 10.6 Å². The number of carbonyl (C=O) groups is 1. The highest BCUT2D eigenvalue weighted by Gasteiger charge is 2.21. The molecule has 6 nitrogen and oxygen atoms in total. The molecule has 17 heavy (non-hydrogen) atoms. The fraction of sp³-hybridized carbons (Fsp3) is 0.900. The van der Waals surface area contributed by atoms with E-state index in [1.807, 2.05) is 0 Å². The molecule has 1 saturated heterocycles. The molecule has 0 spiro atoms. The molecule has 1 aliphatic heterocycles. The van der Waals surface area contributed by atoms with Gasteiger partial charge in [0.25, 0.3) is 0 Å². The van der Waals surface area contributed by atoms with Crippen LogP contribution in [0, 0.1) is 5.92 Å². The number of rotatable bonds is 5. The first-order valence-electron chi connectivity index (χ1n) is 5.82. The molecule has 1 aliphatic rings. The van der Waals surface area contributed by atoms with Crippen LogP contribution < -0.4 is 10.6 Å². The Bertz CT molecular complexity index is 348. The van der Waals surface area contributed by atoms with Gasteiger partial charge in [0.2, 0.25) is 15.9 Å². The molecule has 1 atom stereocenters. The molecule has 1 amide bonds. The van der Waals surface area contributed by atoms with Gasteiger partial charge in [-0.05, 0) is 19.4 Å². The van der Waals surface area contributed by atoms with E-state index >= 15 is 0 Å². The quantitative estimate of drug-likeness (QED) is 0.666. The predicted octanol–water partition coefficient (Wildman–Crippen LogP) is -1.01. The molecule has 0 radical (unpaired) electrons. The Morgan fingerprint density at radius 1 is 1.47 bits per heavy atom. The van der Waals surface area contributed by atoms with Gasteiger partial charge in [-0.3, -0.25) is 4.79 Å². The lowest BCUT2D eigenvalue weighted by Crippen LogP contribution is -2.42. The summed E-state index contributed by atoms with van der Waals surface area (Å²) in [4.78, 5) is 11.7. The summed E-state index contributed by atoms with van der Waals surface area (Å²) in [5.41, 5.74) is 0. The fourth-order valence-corrected chi connectivity index (χ4v) is 2.43. The van der Waals surface area contributed by atoms with Crippen molar-refractivity contribution in [2.45, 2.75) is 12.8 Å². The molecule has 0 unspecified atom stereocenters. The monoisotopic (exact) mass is 263 g/mol. The summed E-state index contributed by atoms with van der Waals surface area (Å²) in [5, 5.41) is 5.83. The predicted molar refractivity (Wildman–Crippen MR) is 66.1 cm³/mol. The van der Waals surface area contributed by atoms with E-state index in [9.17, 15) is 13.2 Å². The summed E-state index contributed by atoms with van der Waals surface area (Å²) in [6.07, 6.45) is 1.87. The van der Waals surface area contributed by atoms with Crippen molar-refractivity contribution in [3.63, 3.8) is 0 Å². The van der Waals surface area contributed by atoms with E-state index in [-0.39, 0.29) is 24.1 Å². The summed E-state index contributed by atoms with van der Waals surface area (Å²) in [6.45, 7) is 1.82. The maximum absolute atomic E-state index is 11.7. The van der Waals surface area contributed by atoms with Crippen molar-refractivity contribution in [1.29, 1.82) is 0 Å². The van der Waals surface area contributed by atoms with Crippen LogP contribution in [-0.4, -0.2) is 58.1 Å². The minimum atomic E-state index is -3.22. The van der Waals surface area contributed by atoms with Gasteiger partial charge in [-0.25, -0.2) is 12.7 Å². The van der Waals surface area contributed by atoms with Gasteiger partial charge in [-0.15, -0.1) is 0 Å². The molecular formula is C10H21N3O3S. The molecule has 0 aromatic heterocycles. The zero-order chi connectivity index (χ0) is 12.9. The van der Waals surface area contributed by atoms with Crippen molar-refractivity contribution < 1.29 is 13.2 Å². The summed E-state index contributed by atoms with van der Waals surface area (Å²) in [5.74, 6) is -0.122. The number of sulfonamides is 1. The maximum atomic E-state index is 11.7. The second-order valence-corrected chi connectivity index (χ2v) is 6.74. The first-order chi connectivity index (χ1) is 7.93. The maximum Gasteiger partial charge on any atom is 0.224 e. The van der Waals surface area contributed by atoms with Gasteiger partial charge in [-0.2, -0.15) is 0 Å². The number of carbonyl (C=O) groups excluding carboxylic acids is 1. The van der Waals surface area contributed by atoms with Crippen LogP contribution in [0.1, 0.15) is 12.8 Å². The number of hydrogen-bond acceptors (Lipinski definition) is 4. The van der Waals surface area contributed by atoms with E-state index in [1.54, 1.807) is 0 Å². The van der Waals surface area contributed by atoms with Gasteiger partial charge in [0.15, 0.2) is 0 Å². The van der Waals surface area contributed by atoms with Crippen molar-refractivity contribution in [2.75, 3.05) is 39.5 Å². The molecule has 0 saturated carbocycles. The Balaban J connectivity index is 2.29. The highest BCUT2D eigenvalue weighted by molar-refractivity contribution is 7.89. The van der Waals surface area contributed by atoms with E-state index in [4.69, 9.17) is 0 Å². The Morgan fingerprint density at radius 2 is 2.18 bits per heavy atom. The average molecular weight is 263 g/mol. The minimum Gasteiger partial charge on any atom is -0.355 e. The van der Waals surface area contributed by atoms with E-state index in [0.29, 0.717) is 6.54 Å². The first kappa shape index (κ1) is 14.4. The number of piperidine rings is 1. The Hall–Kier alpha value is -0.660. The van der Waals surface area contributed by atoms with Crippen LogP contribution in [0.3, 0.4) is 0 Å². The molecule has 7 heteroatoms. The van der Waals surface area contributed by atoms with Gasteiger partial charge >= 0.3 is 0 Å². The van der Waals surface area contributed by atoms with Crippen LogP contribution in [-0.2, 0) is 14.8 Å². The second kappa shape index (κ2) is 6.32. The third-order valence-electron chi connectivity index (χ3n) is 2.88. The van der Waals surface area contributed by atoms with Crippen LogP contribution in [0.5, 0.6) is 0 Å². The third-order valence-corrected chi connectivity index (χ3v) is 4.72. The van der Waals surface area contributed by atoms with Gasteiger partial charge in [0.1, 0.15) is 0 Å². The zero-order valence-corrected chi connectivity index (χ0v) is 11.2. The molecular weight excluding hydrogens is 242 g/mol. The highest BCUT2D eigenvalue weighted by atomic mass is 32.2. The smallest absolute Gasteiger partial charge is 0.224 e. The lowest BCUT2D eigenvalue weighted by atomic mass is 9.99. The summed E-state index contributed by atoms with van der Waals surface area (Å²) in [6, 6.07) is 0. The largest absolute Gasteiger partial charge is 0.355 e. The Labute approximate surface area is 103 Å². The molecule has 2 N–H and O–H groups in total. The summed E-state index contributed by atoms with van der Waals surface area (Å²) in [7, 11) is -0.245. The molecule has 0 aliphatic carbocycles. The van der Waals surface area contributed by atoms with Crippen LogP contribution in [0.25, 0.3) is 0 Å². The molecule has 1 rings (SSSR count). The first-order valence-corrected chi connectivity index (χ1v) is 7.43. The Morgan fingerprint density at radius 3 is 2.71 bits per heavy atom. The van der Waals surface area contributed by atoms with Gasteiger partial charge in [0.05, 0.1) is 11.7 Å². The van der Waals surface area contributed by atoms with Crippen molar-refractivity contribution in [3.05, 3.63) is 0 Å². The molecule has 0 aromatic rings. The number of nitrogens with one attached hydrogen (secondary N) is 2. The molecule has 1 heterocycles. The molecule has 0 aromatic carbocycles. The molecule has 0 bridgehead atoms. The van der Waals surface area contributed by atoms with E-state index in [0.717, 1.165) is 19.4 Å². The van der Waals surface area contributed by atoms with Crippen LogP contribution in [0.15, 0.2) is 0 Å². The lowest BCUT2D eigenvalue weighted by Gasteiger charge is -2.22. The van der Waals surface area contributed by atoms with Crippen molar-refractivity contribution in [1.82, 2.24) is 14.9 Å². The Kier molecular flexibility index (Phi) is 5.35. The highest BCUT2D eigenvalue weighted by Crippen LogP contribution is 2.09. The van der Waals surface area contributed by atoms with Crippen LogP contribution >= 0.6 is 0 Å².